The summed E-state index contributed by atoms with van der Waals surface area (Å²) in [4.78, 5) is 0. The van der Waals surface area contributed by atoms with Gasteiger partial charge in [0.2, 0.25) is 5.66 Å². The van der Waals surface area contributed by atoms with Gasteiger partial charge in [0.25, 0.3) is 0 Å². The molecule has 1 aliphatic carbocycles. The first-order chi connectivity index (χ1) is 6.87. The zero-order valence-corrected chi connectivity index (χ0v) is 9.57. The van der Waals surface area contributed by atoms with Gasteiger partial charge < -0.3 is 9.85 Å². The molecule has 0 radical (unpaired) electrons. The largest absolute Gasteiger partial charge is 0.631 e. The van der Waals surface area contributed by atoms with E-state index in [4.69, 9.17) is 5.73 Å². The van der Waals surface area contributed by atoms with E-state index in [-0.39, 0.29) is 10.6 Å². The molecule has 1 fully saturated rings. The predicted molar refractivity (Wildman–Crippen MR) is 61.5 cm³/mol. The molecule has 4 atom stereocenters. The normalized spacial score (nSPS) is 49.1. The molecule has 4 unspecified atom stereocenters. The van der Waals surface area contributed by atoms with Gasteiger partial charge in [-0.05, 0) is 25.7 Å². The fourth-order valence-corrected chi connectivity index (χ4v) is 2.56. The summed E-state index contributed by atoms with van der Waals surface area (Å²) in [5, 5.41) is 11.7. The molecule has 0 bridgehead atoms. The van der Waals surface area contributed by atoms with Crippen LogP contribution in [0, 0.1) is 17.0 Å². The van der Waals surface area contributed by atoms with Crippen LogP contribution in [0.25, 0.3) is 0 Å². The van der Waals surface area contributed by atoms with Crippen molar-refractivity contribution >= 4 is 0 Å². The molecule has 2 rings (SSSR count). The van der Waals surface area contributed by atoms with Crippen LogP contribution in [0.3, 0.4) is 0 Å². The van der Waals surface area contributed by atoms with Crippen LogP contribution in [0.15, 0.2) is 24.3 Å². The third kappa shape index (κ3) is 1.65. The first kappa shape index (κ1) is 10.9. The molecule has 1 aliphatic heterocycles. The summed E-state index contributed by atoms with van der Waals surface area (Å²) in [5.41, 5.74) is 6.76. The average Bonchev–Trinajstić information content (AvgIpc) is 2.67. The summed E-state index contributed by atoms with van der Waals surface area (Å²) in [6.07, 6.45) is 6.39. The summed E-state index contributed by atoms with van der Waals surface area (Å²) < 4.78 is -0.278. The third-order valence-electron chi connectivity index (χ3n) is 3.97. The van der Waals surface area contributed by atoms with Crippen LogP contribution in [0.5, 0.6) is 0 Å². The van der Waals surface area contributed by atoms with Gasteiger partial charge in [-0.1, -0.05) is 24.3 Å². The zero-order valence-electron chi connectivity index (χ0n) is 9.57. The molecule has 1 saturated heterocycles. The molecular formula is C12H20N2O. The molecule has 0 aromatic rings. The van der Waals surface area contributed by atoms with E-state index < -0.39 is 5.66 Å². The second-order valence-corrected chi connectivity index (χ2v) is 5.27. The highest BCUT2D eigenvalue weighted by atomic mass is 16.6. The third-order valence-corrected chi connectivity index (χ3v) is 3.97. The van der Waals surface area contributed by atoms with Gasteiger partial charge in [0.15, 0.2) is 6.54 Å². The number of allylic oxidation sites excluding steroid dienone is 2. The maximum absolute atomic E-state index is 11.7. The van der Waals surface area contributed by atoms with Gasteiger partial charge in [0, 0.05) is 0 Å². The van der Waals surface area contributed by atoms with Gasteiger partial charge in [-0.25, -0.2) is 0 Å². The van der Waals surface area contributed by atoms with Crippen molar-refractivity contribution < 1.29 is 4.65 Å². The highest BCUT2D eigenvalue weighted by molar-refractivity contribution is 5.15. The van der Waals surface area contributed by atoms with E-state index in [0.717, 1.165) is 12.8 Å². The van der Waals surface area contributed by atoms with Crippen LogP contribution >= 0.6 is 0 Å². The maximum atomic E-state index is 11.7. The van der Waals surface area contributed by atoms with E-state index in [9.17, 15) is 5.21 Å². The van der Waals surface area contributed by atoms with E-state index in [1.165, 1.54) is 5.57 Å². The molecule has 0 amide bonds. The summed E-state index contributed by atoms with van der Waals surface area (Å²) in [6, 6.07) is 0. The highest BCUT2D eigenvalue weighted by Crippen LogP contribution is 2.45. The number of hydrogen-bond acceptors (Lipinski definition) is 2. The van der Waals surface area contributed by atoms with Gasteiger partial charge in [-0.15, -0.1) is 0 Å². The smallest absolute Gasteiger partial charge is 0.207 e. The lowest BCUT2D eigenvalue weighted by atomic mass is 9.82. The van der Waals surface area contributed by atoms with Crippen LogP contribution in [-0.2, 0) is 0 Å². The molecule has 0 aromatic heterocycles. The van der Waals surface area contributed by atoms with Crippen LogP contribution in [0.1, 0.15) is 19.8 Å². The van der Waals surface area contributed by atoms with E-state index in [2.05, 4.69) is 25.7 Å². The number of quaternary nitrogens is 1. The molecule has 3 heteroatoms. The number of hydroxylamine groups is 3. The van der Waals surface area contributed by atoms with Gasteiger partial charge in [-0.3, -0.25) is 5.73 Å². The first-order valence-corrected chi connectivity index (χ1v) is 5.56. The Hall–Kier alpha value is -0.640. The lowest BCUT2D eigenvalue weighted by molar-refractivity contribution is -0.757. The maximum Gasteiger partial charge on any atom is 0.207 e. The average molecular weight is 208 g/mol. The number of rotatable bonds is 2. The Labute approximate surface area is 91.4 Å². The second-order valence-electron chi connectivity index (χ2n) is 5.27. The number of nitrogens with zero attached hydrogens (tertiary/aromatic N) is 1. The standard InChI is InChI=1S/C12H20N2O/c1-9(2)10-4-6-11(7-5-10)12(13)8-14(12,3)15/h4,6,10-11H,1,5,7-8,13H2,2-3H3. The number of nitrogens with two attached hydrogens (primary N) is 1. The van der Waals surface area contributed by atoms with Gasteiger partial charge in [0.05, 0.1) is 13.0 Å². The van der Waals surface area contributed by atoms with E-state index in [1.807, 2.05) is 0 Å². The Morgan fingerprint density at radius 2 is 2.13 bits per heavy atom. The number of likely N-dealkylation sites (N-methyl/N-ethyl adjacent to an activating group) is 1. The molecule has 3 nitrogen and oxygen atoms in total. The minimum absolute atomic E-state index is 0.246. The van der Waals surface area contributed by atoms with Crippen molar-refractivity contribution in [2.24, 2.45) is 17.6 Å². The molecule has 1 heterocycles. The summed E-state index contributed by atoms with van der Waals surface area (Å²) >= 11 is 0. The van der Waals surface area contributed by atoms with Crippen molar-refractivity contribution in [3.05, 3.63) is 29.5 Å². The fourth-order valence-electron chi connectivity index (χ4n) is 2.56. The van der Waals surface area contributed by atoms with E-state index >= 15 is 0 Å². The lowest BCUT2D eigenvalue weighted by Gasteiger charge is -2.30. The van der Waals surface area contributed by atoms with Crippen LogP contribution in [0.2, 0.25) is 0 Å². The fraction of sp³-hybridized carbons (Fsp3) is 0.667. The molecular weight excluding hydrogens is 188 g/mol. The minimum Gasteiger partial charge on any atom is -0.631 e. The zero-order chi connectivity index (χ0) is 11.3. The summed E-state index contributed by atoms with van der Waals surface area (Å²) in [6.45, 7) is 6.57. The van der Waals surface area contributed by atoms with Crippen molar-refractivity contribution in [2.45, 2.75) is 25.4 Å². The first-order valence-electron chi connectivity index (χ1n) is 5.56. The SMILES string of the molecule is C=C(C)C1C=CC(C2(N)C[N+]2(C)[O-])CC1. The van der Waals surface area contributed by atoms with Gasteiger partial charge >= 0.3 is 0 Å². The molecule has 0 spiro atoms. The van der Waals surface area contributed by atoms with Crippen LogP contribution in [-0.4, -0.2) is 23.9 Å². The van der Waals surface area contributed by atoms with Crippen molar-refractivity contribution in [3.8, 4) is 0 Å². The molecule has 2 N–H and O–H groups in total. The van der Waals surface area contributed by atoms with Crippen molar-refractivity contribution in [3.63, 3.8) is 0 Å². The van der Waals surface area contributed by atoms with Crippen LogP contribution in [0.4, 0.5) is 0 Å². The topological polar surface area (TPSA) is 49.1 Å². The van der Waals surface area contributed by atoms with Crippen LogP contribution < -0.4 is 5.73 Å². The van der Waals surface area contributed by atoms with Gasteiger partial charge in [-0.2, -0.15) is 0 Å². The molecule has 0 aromatic carbocycles. The van der Waals surface area contributed by atoms with Crippen molar-refractivity contribution in [2.75, 3.05) is 13.6 Å². The Morgan fingerprint density at radius 3 is 2.47 bits per heavy atom. The predicted octanol–water partition coefficient (Wildman–Crippen LogP) is 1.76. The summed E-state index contributed by atoms with van der Waals surface area (Å²) in [5.74, 6) is 0.726. The Kier molecular flexibility index (Phi) is 2.30. The lowest BCUT2D eigenvalue weighted by Crippen LogP contribution is -2.43. The molecule has 84 valence electrons. The Bertz CT molecular complexity index is 322. The second kappa shape index (κ2) is 3.17. The van der Waals surface area contributed by atoms with Crippen molar-refractivity contribution in [1.29, 1.82) is 0 Å². The molecule has 15 heavy (non-hydrogen) atoms. The highest BCUT2D eigenvalue weighted by Gasteiger charge is 2.63. The van der Waals surface area contributed by atoms with E-state index in [0.29, 0.717) is 12.5 Å². The van der Waals surface area contributed by atoms with E-state index in [1.54, 1.807) is 7.05 Å². The molecule has 0 saturated carbocycles. The monoisotopic (exact) mass is 208 g/mol. The molecule has 2 aliphatic rings. The van der Waals surface area contributed by atoms with Crippen molar-refractivity contribution in [1.82, 2.24) is 0 Å². The summed E-state index contributed by atoms with van der Waals surface area (Å²) in [7, 11) is 1.67. The minimum atomic E-state index is -0.545. The number of hydrogen-bond donors (Lipinski definition) is 1. The Morgan fingerprint density at radius 1 is 1.53 bits per heavy atom. The van der Waals surface area contributed by atoms with Gasteiger partial charge in [0.1, 0.15) is 0 Å². The Balaban J connectivity index is 2.05. The quantitative estimate of drug-likeness (QED) is 0.325.